The molecule has 2 aromatic rings. The SMILES string of the molecule is C=Nc1ccc(-c2cnc(C)nc2)nc1C(=C)N(CC)C(=C)/C=C\C. The number of pyridine rings is 1. The van der Waals surface area contributed by atoms with Crippen molar-refractivity contribution in [2.75, 3.05) is 6.54 Å². The molecule has 0 N–H and O–H groups in total. The second-order valence-electron chi connectivity index (χ2n) is 5.42. The van der Waals surface area contributed by atoms with Crippen LogP contribution in [0.25, 0.3) is 17.0 Å². The van der Waals surface area contributed by atoms with Gasteiger partial charge in [-0.05, 0) is 45.7 Å². The summed E-state index contributed by atoms with van der Waals surface area (Å²) in [5.41, 5.74) is 4.51. The second-order valence-corrected chi connectivity index (χ2v) is 5.42. The third-order valence-electron chi connectivity index (χ3n) is 3.74. The Morgan fingerprint density at radius 2 is 1.92 bits per heavy atom. The zero-order chi connectivity index (χ0) is 18.4. The Hall–Kier alpha value is -3.08. The van der Waals surface area contributed by atoms with Gasteiger partial charge in [-0.15, -0.1) is 0 Å². The monoisotopic (exact) mass is 333 g/mol. The molecule has 0 unspecified atom stereocenters. The van der Waals surface area contributed by atoms with Gasteiger partial charge in [0.15, 0.2) is 0 Å². The molecular weight excluding hydrogens is 310 g/mol. The van der Waals surface area contributed by atoms with Gasteiger partial charge in [-0.1, -0.05) is 19.2 Å². The summed E-state index contributed by atoms with van der Waals surface area (Å²) >= 11 is 0. The number of hydrogen-bond acceptors (Lipinski definition) is 5. The maximum absolute atomic E-state index is 4.73. The van der Waals surface area contributed by atoms with E-state index in [1.165, 1.54) is 0 Å². The summed E-state index contributed by atoms with van der Waals surface area (Å²) in [6.45, 7) is 18.5. The van der Waals surface area contributed by atoms with E-state index in [0.29, 0.717) is 11.4 Å². The number of allylic oxidation sites excluding steroid dienone is 2. The van der Waals surface area contributed by atoms with Gasteiger partial charge in [-0.25, -0.2) is 15.0 Å². The van der Waals surface area contributed by atoms with Crippen LogP contribution in [0.4, 0.5) is 5.69 Å². The van der Waals surface area contributed by atoms with E-state index in [-0.39, 0.29) is 0 Å². The number of aryl methyl sites for hydroxylation is 1. The average molecular weight is 333 g/mol. The topological polar surface area (TPSA) is 54.3 Å². The van der Waals surface area contributed by atoms with Crippen molar-refractivity contribution < 1.29 is 0 Å². The first-order valence-corrected chi connectivity index (χ1v) is 8.07. The van der Waals surface area contributed by atoms with E-state index in [9.17, 15) is 0 Å². The maximum atomic E-state index is 4.73. The second kappa shape index (κ2) is 8.15. The Morgan fingerprint density at radius 1 is 1.24 bits per heavy atom. The third kappa shape index (κ3) is 4.07. The molecule has 0 saturated carbocycles. The number of nitrogens with zero attached hydrogens (tertiary/aromatic N) is 5. The van der Waals surface area contributed by atoms with Crippen molar-refractivity contribution in [2.45, 2.75) is 20.8 Å². The molecule has 0 spiro atoms. The Morgan fingerprint density at radius 3 is 2.48 bits per heavy atom. The molecule has 0 amide bonds. The average Bonchev–Trinajstić information content (AvgIpc) is 2.62. The summed E-state index contributed by atoms with van der Waals surface area (Å²) in [6.07, 6.45) is 7.40. The molecule has 5 nitrogen and oxygen atoms in total. The Bertz CT molecular complexity index is 818. The smallest absolute Gasteiger partial charge is 0.125 e. The van der Waals surface area contributed by atoms with E-state index in [2.05, 4.69) is 34.8 Å². The van der Waals surface area contributed by atoms with Gasteiger partial charge in [0.2, 0.25) is 0 Å². The summed E-state index contributed by atoms with van der Waals surface area (Å²) in [7, 11) is 0. The quantitative estimate of drug-likeness (QED) is 0.550. The predicted octanol–water partition coefficient (Wildman–Crippen LogP) is 4.56. The van der Waals surface area contributed by atoms with Crippen LogP contribution in [0.3, 0.4) is 0 Å². The van der Waals surface area contributed by atoms with E-state index in [1.54, 1.807) is 12.4 Å². The van der Waals surface area contributed by atoms with Crippen molar-refractivity contribution in [3.63, 3.8) is 0 Å². The molecule has 2 heterocycles. The summed E-state index contributed by atoms with van der Waals surface area (Å²) in [5, 5.41) is 0. The Kier molecular flexibility index (Phi) is 5.95. The summed E-state index contributed by atoms with van der Waals surface area (Å²) in [6, 6.07) is 3.76. The van der Waals surface area contributed by atoms with Crippen LogP contribution in [0.1, 0.15) is 25.4 Å². The van der Waals surface area contributed by atoms with Crippen LogP contribution >= 0.6 is 0 Å². The van der Waals surface area contributed by atoms with Crippen LogP contribution in [-0.2, 0) is 0 Å². The highest BCUT2D eigenvalue weighted by Crippen LogP contribution is 2.30. The lowest BCUT2D eigenvalue weighted by atomic mass is 10.1. The summed E-state index contributed by atoms with van der Waals surface area (Å²) < 4.78 is 0. The zero-order valence-electron chi connectivity index (χ0n) is 15.0. The number of hydrogen-bond donors (Lipinski definition) is 0. The number of rotatable bonds is 7. The minimum absolute atomic E-state index is 0.667. The van der Waals surface area contributed by atoms with Gasteiger partial charge in [-0.3, -0.25) is 4.99 Å². The van der Waals surface area contributed by atoms with Crippen LogP contribution in [0.15, 0.2) is 60.5 Å². The van der Waals surface area contributed by atoms with E-state index >= 15 is 0 Å². The van der Waals surface area contributed by atoms with Crippen LogP contribution in [0.5, 0.6) is 0 Å². The lowest BCUT2D eigenvalue weighted by Crippen LogP contribution is -2.19. The first kappa shape index (κ1) is 18.3. The third-order valence-corrected chi connectivity index (χ3v) is 3.74. The van der Waals surface area contributed by atoms with Crippen LogP contribution in [-0.4, -0.2) is 33.1 Å². The molecule has 0 atom stereocenters. The van der Waals surface area contributed by atoms with Gasteiger partial charge >= 0.3 is 0 Å². The normalized spacial score (nSPS) is 10.7. The van der Waals surface area contributed by atoms with Crippen molar-refractivity contribution in [2.24, 2.45) is 4.99 Å². The van der Waals surface area contributed by atoms with Gasteiger partial charge < -0.3 is 4.90 Å². The fourth-order valence-corrected chi connectivity index (χ4v) is 2.45. The summed E-state index contributed by atoms with van der Waals surface area (Å²) in [5.74, 6) is 0.720. The number of aromatic nitrogens is 3. The first-order valence-electron chi connectivity index (χ1n) is 8.07. The highest BCUT2D eigenvalue weighted by Gasteiger charge is 2.16. The van der Waals surface area contributed by atoms with E-state index in [1.807, 2.05) is 50.0 Å². The molecule has 128 valence electrons. The molecular formula is C20H23N5. The largest absolute Gasteiger partial charge is 0.341 e. The van der Waals surface area contributed by atoms with Crippen LogP contribution < -0.4 is 0 Å². The van der Waals surface area contributed by atoms with Gasteiger partial charge in [0, 0.05) is 30.2 Å². The minimum atomic E-state index is 0.667. The van der Waals surface area contributed by atoms with Crippen molar-refractivity contribution >= 4 is 18.1 Å². The van der Waals surface area contributed by atoms with Gasteiger partial charge in [0.05, 0.1) is 17.1 Å². The fourth-order valence-electron chi connectivity index (χ4n) is 2.45. The Balaban J connectivity index is 2.49. The first-order chi connectivity index (χ1) is 12.0. The molecule has 2 rings (SSSR count). The highest BCUT2D eigenvalue weighted by molar-refractivity contribution is 5.74. The molecule has 0 aliphatic rings. The molecule has 0 aliphatic heterocycles. The van der Waals surface area contributed by atoms with Crippen molar-refractivity contribution in [3.05, 3.63) is 67.1 Å². The van der Waals surface area contributed by atoms with Crippen LogP contribution in [0.2, 0.25) is 0 Å². The van der Waals surface area contributed by atoms with Crippen molar-refractivity contribution in [1.29, 1.82) is 0 Å². The molecule has 0 aliphatic carbocycles. The van der Waals surface area contributed by atoms with Gasteiger partial charge in [-0.2, -0.15) is 0 Å². The maximum Gasteiger partial charge on any atom is 0.125 e. The molecule has 0 radical (unpaired) electrons. The van der Waals surface area contributed by atoms with Crippen molar-refractivity contribution in [1.82, 2.24) is 19.9 Å². The molecule has 25 heavy (non-hydrogen) atoms. The van der Waals surface area contributed by atoms with E-state index in [0.717, 1.165) is 35.0 Å². The molecule has 0 aromatic carbocycles. The molecule has 0 fully saturated rings. The molecule has 0 bridgehead atoms. The number of likely N-dealkylation sites (N-methyl/N-ethyl adjacent to an activating group) is 1. The summed E-state index contributed by atoms with van der Waals surface area (Å²) in [4.78, 5) is 19.3. The molecule has 0 saturated heterocycles. The van der Waals surface area contributed by atoms with Crippen LogP contribution in [0, 0.1) is 6.92 Å². The van der Waals surface area contributed by atoms with Gasteiger partial charge in [0.25, 0.3) is 0 Å². The van der Waals surface area contributed by atoms with Crippen molar-refractivity contribution in [3.8, 4) is 11.3 Å². The van der Waals surface area contributed by atoms with E-state index in [4.69, 9.17) is 4.98 Å². The lowest BCUT2D eigenvalue weighted by molar-refractivity contribution is 0.533. The lowest BCUT2D eigenvalue weighted by Gasteiger charge is -2.26. The zero-order valence-corrected chi connectivity index (χ0v) is 15.0. The van der Waals surface area contributed by atoms with Gasteiger partial charge in [0.1, 0.15) is 11.5 Å². The fraction of sp³-hybridized carbons (Fsp3) is 0.200. The Labute approximate surface area is 149 Å². The number of aliphatic imine (C=N–C) groups is 1. The predicted molar refractivity (Wildman–Crippen MR) is 105 cm³/mol. The standard InChI is InChI=1S/C20H23N5/c1-7-9-14(3)25(8-2)15(4)20-19(21-6)11-10-18(24-20)17-12-22-16(5)23-13-17/h7,9-13H,3-4,6,8H2,1-2,5H3/b9-7-. The molecule has 2 aromatic heterocycles. The van der Waals surface area contributed by atoms with E-state index < -0.39 is 0 Å². The highest BCUT2D eigenvalue weighted by atomic mass is 15.2. The minimum Gasteiger partial charge on any atom is -0.341 e. The molecule has 5 heteroatoms.